The molecule has 0 spiro atoms. The quantitative estimate of drug-likeness (QED) is 0.903. The summed E-state index contributed by atoms with van der Waals surface area (Å²) >= 11 is 1.28. The molecule has 96 valence electrons. The number of aromatic nitrogens is 1. The highest BCUT2D eigenvalue weighted by Gasteiger charge is 2.23. The molecule has 1 aromatic carbocycles. The lowest BCUT2D eigenvalue weighted by molar-refractivity contribution is 0.0817. The molecule has 5 heteroatoms. The summed E-state index contributed by atoms with van der Waals surface area (Å²) in [7, 11) is 0. The minimum atomic E-state index is -0.988. The molecule has 1 N–H and O–H groups in total. The molecule has 0 aliphatic carbocycles. The third-order valence-corrected chi connectivity index (χ3v) is 4.04. The highest BCUT2D eigenvalue weighted by atomic mass is 32.1. The summed E-state index contributed by atoms with van der Waals surface area (Å²) in [4.78, 5) is 5.01. The summed E-state index contributed by atoms with van der Waals surface area (Å²) in [6.07, 6.45) is 0. The van der Waals surface area contributed by atoms with Crippen LogP contribution in [-0.2, 0) is 5.60 Å². The molecule has 18 heavy (non-hydrogen) atoms. The topological polar surface area (TPSA) is 33.1 Å². The molecule has 1 aromatic heterocycles. The van der Waals surface area contributed by atoms with Gasteiger partial charge in [0, 0.05) is 5.56 Å². The Bertz CT molecular complexity index is 587. The van der Waals surface area contributed by atoms with Gasteiger partial charge in [-0.3, -0.25) is 0 Å². The normalized spacial score (nSPS) is 11.9. The molecule has 0 amide bonds. The predicted octanol–water partition coefficient (Wildman–Crippen LogP) is 3.62. The molecule has 0 atom stereocenters. The number of benzene rings is 1. The molecule has 2 nitrogen and oxygen atoms in total. The van der Waals surface area contributed by atoms with E-state index in [4.69, 9.17) is 0 Å². The average Bonchev–Trinajstić information content (AvgIpc) is 2.64. The number of hydrogen-bond donors (Lipinski definition) is 1. The van der Waals surface area contributed by atoms with E-state index in [-0.39, 0.29) is 0 Å². The Balaban J connectivity index is 2.49. The van der Waals surface area contributed by atoms with Crippen LogP contribution in [0.25, 0.3) is 10.6 Å². The van der Waals surface area contributed by atoms with Gasteiger partial charge in [0.2, 0.25) is 0 Å². The highest BCUT2D eigenvalue weighted by molar-refractivity contribution is 7.15. The fourth-order valence-corrected chi connectivity index (χ4v) is 2.78. The van der Waals surface area contributed by atoms with Crippen molar-refractivity contribution in [2.75, 3.05) is 0 Å². The molecule has 2 aromatic rings. The van der Waals surface area contributed by atoms with Gasteiger partial charge in [-0.15, -0.1) is 11.3 Å². The Hall–Kier alpha value is -1.33. The van der Waals surface area contributed by atoms with Gasteiger partial charge < -0.3 is 5.11 Å². The Kier molecular flexibility index (Phi) is 3.21. The van der Waals surface area contributed by atoms with E-state index < -0.39 is 17.2 Å². The van der Waals surface area contributed by atoms with E-state index in [2.05, 4.69) is 4.98 Å². The van der Waals surface area contributed by atoms with Gasteiger partial charge in [-0.25, -0.2) is 13.8 Å². The maximum absolute atomic E-state index is 13.2. The fraction of sp³-hybridized carbons (Fsp3) is 0.308. The predicted molar refractivity (Wildman–Crippen MR) is 67.4 cm³/mol. The zero-order chi connectivity index (χ0) is 13.5. The summed E-state index contributed by atoms with van der Waals surface area (Å²) in [5.41, 5.74) is 0.225. The van der Waals surface area contributed by atoms with Crippen molar-refractivity contribution in [2.24, 2.45) is 0 Å². The van der Waals surface area contributed by atoms with E-state index in [0.717, 1.165) is 17.0 Å². The van der Waals surface area contributed by atoms with E-state index in [1.165, 1.54) is 17.4 Å². The number of aliphatic hydroxyl groups is 1. The van der Waals surface area contributed by atoms with Crippen LogP contribution in [0.2, 0.25) is 0 Å². The van der Waals surface area contributed by atoms with Crippen LogP contribution < -0.4 is 0 Å². The molecule has 0 radical (unpaired) electrons. The molecule has 0 fully saturated rings. The fourth-order valence-electron chi connectivity index (χ4n) is 1.72. The molecule has 2 rings (SSSR count). The largest absolute Gasteiger partial charge is 0.385 e. The molecule has 1 heterocycles. The number of nitrogens with zero attached hydrogens (tertiary/aromatic N) is 1. The first-order chi connectivity index (χ1) is 8.29. The summed E-state index contributed by atoms with van der Waals surface area (Å²) in [6, 6.07) is 3.66. The monoisotopic (exact) mass is 269 g/mol. The Labute approximate surface area is 108 Å². The first-order valence-electron chi connectivity index (χ1n) is 5.45. The maximum atomic E-state index is 13.2. The third kappa shape index (κ3) is 2.42. The van der Waals surface area contributed by atoms with Crippen LogP contribution in [-0.4, -0.2) is 10.1 Å². The second kappa shape index (κ2) is 4.40. The Morgan fingerprint density at radius 2 is 1.89 bits per heavy atom. The second-order valence-electron chi connectivity index (χ2n) is 4.62. The molecule has 0 unspecified atom stereocenters. The van der Waals surface area contributed by atoms with Gasteiger partial charge in [0.25, 0.3) is 0 Å². The lowest BCUT2D eigenvalue weighted by Gasteiger charge is -2.14. The van der Waals surface area contributed by atoms with Crippen molar-refractivity contribution in [1.29, 1.82) is 0 Å². The standard InChI is InChI=1S/C13H13F2NOS/c1-7-11(13(2,3)17)18-12(16-7)8-4-5-9(14)10(15)6-8/h4-6,17H,1-3H3. The maximum Gasteiger partial charge on any atom is 0.159 e. The zero-order valence-corrected chi connectivity index (χ0v) is 11.1. The lowest BCUT2D eigenvalue weighted by Crippen LogP contribution is -2.14. The average molecular weight is 269 g/mol. The highest BCUT2D eigenvalue weighted by Crippen LogP contribution is 2.34. The van der Waals surface area contributed by atoms with Gasteiger partial charge in [-0.2, -0.15) is 0 Å². The van der Waals surface area contributed by atoms with E-state index in [0.29, 0.717) is 16.3 Å². The molecule has 0 saturated heterocycles. The minimum Gasteiger partial charge on any atom is -0.385 e. The van der Waals surface area contributed by atoms with Gasteiger partial charge in [0.15, 0.2) is 11.6 Å². The van der Waals surface area contributed by atoms with Crippen LogP contribution in [0.3, 0.4) is 0 Å². The van der Waals surface area contributed by atoms with Gasteiger partial charge in [-0.05, 0) is 39.0 Å². The lowest BCUT2D eigenvalue weighted by atomic mass is 10.1. The molecule has 0 bridgehead atoms. The van der Waals surface area contributed by atoms with Crippen molar-refractivity contribution >= 4 is 11.3 Å². The molecule has 0 saturated carbocycles. The molecule has 0 aliphatic rings. The summed E-state index contributed by atoms with van der Waals surface area (Å²) in [6.45, 7) is 5.12. The van der Waals surface area contributed by atoms with Crippen LogP contribution in [0.15, 0.2) is 18.2 Å². The van der Waals surface area contributed by atoms with Gasteiger partial charge in [-0.1, -0.05) is 0 Å². The summed E-state index contributed by atoms with van der Waals surface area (Å²) < 4.78 is 26.0. The minimum absolute atomic E-state index is 0.512. The Morgan fingerprint density at radius 1 is 1.22 bits per heavy atom. The van der Waals surface area contributed by atoms with Crippen molar-refractivity contribution in [2.45, 2.75) is 26.4 Å². The van der Waals surface area contributed by atoms with E-state index >= 15 is 0 Å². The number of aryl methyl sites for hydroxylation is 1. The third-order valence-electron chi connectivity index (χ3n) is 2.52. The molecular formula is C13H13F2NOS. The first kappa shape index (κ1) is 13.1. The first-order valence-corrected chi connectivity index (χ1v) is 6.26. The second-order valence-corrected chi connectivity index (χ2v) is 5.62. The van der Waals surface area contributed by atoms with Crippen molar-refractivity contribution in [3.05, 3.63) is 40.4 Å². The van der Waals surface area contributed by atoms with Crippen LogP contribution in [0.1, 0.15) is 24.4 Å². The number of halogens is 2. The SMILES string of the molecule is Cc1nc(-c2ccc(F)c(F)c2)sc1C(C)(C)O. The van der Waals surface area contributed by atoms with E-state index in [9.17, 15) is 13.9 Å². The Morgan fingerprint density at radius 3 is 2.39 bits per heavy atom. The van der Waals surface area contributed by atoms with Gasteiger partial charge in [0.05, 0.1) is 16.2 Å². The summed E-state index contributed by atoms with van der Waals surface area (Å²) in [5.74, 6) is -1.78. The van der Waals surface area contributed by atoms with Crippen LogP contribution in [0, 0.1) is 18.6 Å². The van der Waals surface area contributed by atoms with E-state index in [1.807, 2.05) is 0 Å². The number of rotatable bonds is 2. The van der Waals surface area contributed by atoms with E-state index in [1.54, 1.807) is 20.8 Å². The molecule has 0 aliphatic heterocycles. The number of thiazole rings is 1. The van der Waals surface area contributed by atoms with Gasteiger partial charge >= 0.3 is 0 Å². The van der Waals surface area contributed by atoms with Crippen LogP contribution >= 0.6 is 11.3 Å². The zero-order valence-electron chi connectivity index (χ0n) is 10.3. The van der Waals surface area contributed by atoms with Crippen LogP contribution in [0.4, 0.5) is 8.78 Å². The van der Waals surface area contributed by atoms with Crippen molar-refractivity contribution in [3.63, 3.8) is 0 Å². The van der Waals surface area contributed by atoms with Crippen molar-refractivity contribution in [1.82, 2.24) is 4.98 Å². The number of hydrogen-bond acceptors (Lipinski definition) is 3. The van der Waals surface area contributed by atoms with Gasteiger partial charge in [0.1, 0.15) is 5.01 Å². The van der Waals surface area contributed by atoms with Crippen molar-refractivity contribution < 1.29 is 13.9 Å². The smallest absolute Gasteiger partial charge is 0.159 e. The molecular weight excluding hydrogens is 256 g/mol. The van der Waals surface area contributed by atoms with Crippen molar-refractivity contribution in [3.8, 4) is 10.6 Å². The van der Waals surface area contributed by atoms with Crippen LogP contribution in [0.5, 0.6) is 0 Å². The summed E-state index contributed by atoms with van der Waals surface area (Å²) in [5, 5.41) is 10.5.